The zero-order chi connectivity index (χ0) is 12.6. The summed E-state index contributed by atoms with van der Waals surface area (Å²) in [5.74, 6) is -0.865. The molecule has 0 aliphatic rings. The van der Waals surface area contributed by atoms with Gasteiger partial charge in [0.25, 0.3) is 0 Å². The van der Waals surface area contributed by atoms with Crippen LogP contribution in [-0.4, -0.2) is 35.1 Å². The van der Waals surface area contributed by atoms with Gasteiger partial charge < -0.3 is 10.0 Å². The van der Waals surface area contributed by atoms with E-state index < -0.39 is 5.97 Å². The van der Waals surface area contributed by atoms with E-state index in [0.717, 1.165) is 32.4 Å². The SMILES string of the molecule is C=C(CCCC(CC)N(CC)CC)C(=O)O. The summed E-state index contributed by atoms with van der Waals surface area (Å²) in [7, 11) is 0. The first-order valence-corrected chi connectivity index (χ1v) is 6.21. The second-order valence-electron chi connectivity index (χ2n) is 4.08. The summed E-state index contributed by atoms with van der Waals surface area (Å²) in [5, 5.41) is 8.70. The normalized spacial score (nSPS) is 12.8. The number of rotatable bonds is 9. The predicted octanol–water partition coefficient (Wildman–Crippen LogP) is 2.92. The van der Waals surface area contributed by atoms with Crippen LogP contribution in [0.2, 0.25) is 0 Å². The van der Waals surface area contributed by atoms with Crippen molar-refractivity contribution in [3.8, 4) is 0 Å². The van der Waals surface area contributed by atoms with Crippen molar-refractivity contribution in [3.05, 3.63) is 12.2 Å². The molecule has 0 fully saturated rings. The van der Waals surface area contributed by atoms with Crippen molar-refractivity contribution in [1.82, 2.24) is 4.90 Å². The molecule has 3 nitrogen and oxygen atoms in total. The Kier molecular flexibility index (Phi) is 7.90. The first-order valence-electron chi connectivity index (χ1n) is 6.21. The predicted molar refractivity (Wildman–Crippen MR) is 67.6 cm³/mol. The molecule has 0 radical (unpaired) electrons. The van der Waals surface area contributed by atoms with Crippen LogP contribution in [0, 0.1) is 0 Å². The van der Waals surface area contributed by atoms with Crippen molar-refractivity contribution in [3.63, 3.8) is 0 Å². The smallest absolute Gasteiger partial charge is 0.330 e. The minimum atomic E-state index is -0.865. The van der Waals surface area contributed by atoms with E-state index in [4.69, 9.17) is 5.11 Å². The lowest BCUT2D eigenvalue weighted by Gasteiger charge is -2.28. The lowest BCUT2D eigenvalue weighted by molar-refractivity contribution is -0.132. The summed E-state index contributed by atoms with van der Waals surface area (Å²) in [4.78, 5) is 13.0. The second kappa shape index (κ2) is 8.34. The summed E-state index contributed by atoms with van der Waals surface area (Å²) in [6.45, 7) is 12.2. The fourth-order valence-corrected chi connectivity index (χ4v) is 2.04. The lowest BCUT2D eigenvalue weighted by Crippen LogP contribution is -2.34. The van der Waals surface area contributed by atoms with Crippen molar-refractivity contribution >= 4 is 5.97 Å². The Labute approximate surface area is 99.1 Å². The van der Waals surface area contributed by atoms with Crippen molar-refractivity contribution in [2.24, 2.45) is 0 Å². The molecule has 0 spiro atoms. The highest BCUT2D eigenvalue weighted by molar-refractivity contribution is 5.85. The first kappa shape index (κ1) is 15.2. The van der Waals surface area contributed by atoms with E-state index in [2.05, 4.69) is 32.3 Å². The maximum Gasteiger partial charge on any atom is 0.330 e. The first-order chi connectivity index (χ1) is 7.56. The molecule has 1 atom stereocenters. The molecule has 0 rings (SSSR count). The Hall–Kier alpha value is -0.830. The van der Waals surface area contributed by atoms with Crippen LogP contribution in [0.25, 0.3) is 0 Å². The van der Waals surface area contributed by atoms with Gasteiger partial charge in [-0.15, -0.1) is 0 Å². The van der Waals surface area contributed by atoms with Crippen LogP contribution in [0.1, 0.15) is 46.5 Å². The van der Waals surface area contributed by atoms with E-state index in [-0.39, 0.29) is 0 Å². The molecule has 0 aliphatic carbocycles. The molecule has 3 heteroatoms. The van der Waals surface area contributed by atoms with E-state index in [0.29, 0.717) is 18.0 Å². The molecule has 0 aromatic heterocycles. The summed E-state index contributed by atoms with van der Waals surface area (Å²) >= 11 is 0. The summed E-state index contributed by atoms with van der Waals surface area (Å²) in [6, 6.07) is 0.580. The maximum absolute atomic E-state index is 10.6. The van der Waals surface area contributed by atoms with Crippen LogP contribution in [0.4, 0.5) is 0 Å². The van der Waals surface area contributed by atoms with Crippen molar-refractivity contribution < 1.29 is 9.90 Å². The monoisotopic (exact) mass is 227 g/mol. The Morgan fingerprint density at radius 2 is 1.88 bits per heavy atom. The quantitative estimate of drug-likeness (QED) is 0.616. The van der Waals surface area contributed by atoms with Gasteiger partial charge in [-0.2, -0.15) is 0 Å². The van der Waals surface area contributed by atoms with Crippen LogP contribution in [0.15, 0.2) is 12.2 Å². The third-order valence-electron chi connectivity index (χ3n) is 3.12. The van der Waals surface area contributed by atoms with Crippen LogP contribution >= 0.6 is 0 Å². The average Bonchev–Trinajstić information content (AvgIpc) is 2.27. The van der Waals surface area contributed by atoms with E-state index in [9.17, 15) is 4.79 Å². The van der Waals surface area contributed by atoms with Gasteiger partial charge in [0.15, 0.2) is 0 Å². The molecule has 94 valence electrons. The van der Waals surface area contributed by atoms with Crippen LogP contribution in [-0.2, 0) is 4.79 Å². The molecule has 0 bridgehead atoms. The number of hydrogen-bond donors (Lipinski definition) is 1. The minimum absolute atomic E-state index is 0.328. The van der Waals surface area contributed by atoms with Crippen LogP contribution in [0.5, 0.6) is 0 Å². The highest BCUT2D eigenvalue weighted by atomic mass is 16.4. The topological polar surface area (TPSA) is 40.5 Å². The van der Waals surface area contributed by atoms with E-state index in [1.165, 1.54) is 0 Å². The van der Waals surface area contributed by atoms with Crippen molar-refractivity contribution in [2.75, 3.05) is 13.1 Å². The summed E-state index contributed by atoms with van der Waals surface area (Å²) < 4.78 is 0. The molecular formula is C13H25NO2. The largest absolute Gasteiger partial charge is 0.478 e. The summed E-state index contributed by atoms with van der Waals surface area (Å²) in [6.07, 6.45) is 3.71. The number of carbonyl (C=O) groups is 1. The Balaban J connectivity index is 3.96. The molecule has 0 saturated heterocycles. The van der Waals surface area contributed by atoms with Crippen molar-refractivity contribution in [1.29, 1.82) is 0 Å². The van der Waals surface area contributed by atoms with Gasteiger partial charge in [0.2, 0.25) is 0 Å². The van der Waals surface area contributed by atoms with E-state index in [1.807, 2.05) is 0 Å². The van der Waals surface area contributed by atoms with Gasteiger partial charge in [-0.3, -0.25) is 0 Å². The molecule has 0 aliphatic heterocycles. The van der Waals surface area contributed by atoms with Gasteiger partial charge >= 0.3 is 5.97 Å². The zero-order valence-corrected chi connectivity index (χ0v) is 10.8. The molecular weight excluding hydrogens is 202 g/mol. The molecule has 1 N–H and O–H groups in total. The van der Waals surface area contributed by atoms with Crippen LogP contribution < -0.4 is 0 Å². The Morgan fingerprint density at radius 1 is 1.31 bits per heavy atom. The fourth-order valence-electron chi connectivity index (χ4n) is 2.04. The Morgan fingerprint density at radius 3 is 2.25 bits per heavy atom. The molecule has 0 amide bonds. The number of hydrogen-bond acceptors (Lipinski definition) is 2. The van der Waals surface area contributed by atoms with Gasteiger partial charge in [-0.1, -0.05) is 27.4 Å². The number of aliphatic carboxylic acids is 1. The standard InChI is InChI=1S/C13H25NO2/c1-5-12(14(6-2)7-3)10-8-9-11(4)13(15)16/h12H,4-10H2,1-3H3,(H,15,16). The third-order valence-corrected chi connectivity index (χ3v) is 3.12. The van der Waals surface area contributed by atoms with Gasteiger partial charge in [0, 0.05) is 11.6 Å². The fraction of sp³-hybridized carbons (Fsp3) is 0.769. The highest BCUT2D eigenvalue weighted by Gasteiger charge is 2.13. The number of carboxylic acids is 1. The highest BCUT2D eigenvalue weighted by Crippen LogP contribution is 2.14. The molecule has 0 aromatic rings. The molecule has 0 aromatic carbocycles. The number of carboxylic acid groups (broad SMARTS) is 1. The molecule has 16 heavy (non-hydrogen) atoms. The van der Waals surface area contributed by atoms with Gasteiger partial charge in [-0.05, 0) is 38.8 Å². The molecule has 0 heterocycles. The maximum atomic E-state index is 10.6. The zero-order valence-electron chi connectivity index (χ0n) is 10.8. The third kappa shape index (κ3) is 5.31. The average molecular weight is 227 g/mol. The van der Waals surface area contributed by atoms with Gasteiger partial charge in [-0.25, -0.2) is 4.79 Å². The van der Waals surface area contributed by atoms with Crippen LogP contribution in [0.3, 0.4) is 0 Å². The van der Waals surface area contributed by atoms with E-state index in [1.54, 1.807) is 0 Å². The molecule has 0 saturated carbocycles. The molecule has 1 unspecified atom stereocenters. The number of nitrogens with zero attached hydrogens (tertiary/aromatic N) is 1. The van der Waals surface area contributed by atoms with Crippen molar-refractivity contribution in [2.45, 2.75) is 52.5 Å². The summed E-state index contributed by atoms with van der Waals surface area (Å²) in [5.41, 5.74) is 0.328. The lowest BCUT2D eigenvalue weighted by atomic mass is 10.0. The van der Waals surface area contributed by atoms with Gasteiger partial charge in [0.1, 0.15) is 0 Å². The second-order valence-corrected chi connectivity index (χ2v) is 4.08. The van der Waals surface area contributed by atoms with E-state index >= 15 is 0 Å². The van der Waals surface area contributed by atoms with Gasteiger partial charge in [0.05, 0.1) is 0 Å². The Bertz CT molecular complexity index is 222. The minimum Gasteiger partial charge on any atom is -0.478 e.